The van der Waals surface area contributed by atoms with E-state index in [0.29, 0.717) is 0 Å². The second-order valence-corrected chi connectivity index (χ2v) is 8.06. The van der Waals surface area contributed by atoms with E-state index < -0.39 is 0 Å². The fourth-order valence-electron chi connectivity index (χ4n) is 4.83. The summed E-state index contributed by atoms with van der Waals surface area (Å²) in [5.41, 5.74) is 3.82. The molecule has 0 spiro atoms. The van der Waals surface area contributed by atoms with Gasteiger partial charge in [0.05, 0.1) is 5.92 Å². The molecular formula is C22H30N2O. The number of aromatic nitrogens is 1. The van der Waals surface area contributed by atoms with Crippen LogP contribution in [0.5, 0.6) is 0 Å². The normalized spacial score (nSPS) is 21.8. The highest BCUT2D eigenvalue weighted by Gasteiger charge is 2.26. The molecule has 1 unspecified atom stereocenters. The summed E-state index contributed by atoms with van der Waals surface area (Å²) in [6, 6.07) is 6.62. The van der Waals surface area contributed by atoms with E-state index in [9.17, 15) is 4.79 Å². The smallest absolute Gasteiger partial charge is 0.227 e. The Kier molecular flexibility index (Phi) is 4.82. The molecule has 1 aliphatic carbocycles. The highest BCUT2D eigenvalue weighted by molar-refractivity contribution is 5.89. The van der Waals surface area contributed by atoms with Crippen LogP contribution in [0.2, 0.25) is 0 Å². The molecule has 134 valence electrons. The number of nitrogens with one attached hydrogen (secondary N) is 1. The van der Waals surface area contributed by atoms with E-state index in [0.717, 1.165) is 25.4 Å². The Morgan fingerprint density at radius 2 is 2.00 bits per heavy atom. The molecule has 2 heterocycles. The maximum atomic E-state index is 12.0. The Bertz CT molecular complexity index is 755. The van der Waals surface area contributed by atoms with E-state index in [-0.39, 0.29) is 11.8 Å². The lowest BCUT2D eigenvalue weighted by Crippen LogP contribution is -2.17. The van der Waals surface area contributed by atoms with Crippen LogP contribution in [0.1, 0.15) is 68.4 Å². The van der Waals surface area contributed by atoms with Crippen LogP contribution in [-0.4, -0.2) is 17.0 Å². The van der Waals surface area contributed by atoms with Gasteiger partial charge in [0, 0.05) is 30.2 Å². The number of amides is 1. The van der Waals surface area contributed by atoms with Gasteiger partial charge in [0.2, 0.25) is 5.91 Å². The van der Waals surface area contributed by atoms with Gasteiger partial charge in [-0.1, -0.05) is 44.2 Å². The van der Waals surface area contributed by atoms with E-state index in [1.165, 1.54) is 67.0 Å². The summed E-state index contributed by atoms with van der Waals surface area (Å²) in [6.07, 6.45) is 13.0. The summed E-state index contributed by atoms with van der Waals surface area (Å²) in [5.74, 6) is 1.18. The molecule has 1 aliphatic heterocycles. The van der Waals surface area contributed by atoms with E-state index in [1.807, 2.05) is 0 Å². The molecule has 4 rings (SSSR count). The summed E-state index contributed by atoms with van der Waals surface area (Å²) in [4.78, 5) is 12.0. The monoisotopic (exact) mass is 338 g/mol. The molecule has 1 atom stereocenters. The summed E-state index contributed by atoms with van der Waals surface area (Å²) >= 11 is 0. The van der Waals surface area contributed by atoms with Gasteiger partial charge in [0.25, 0.3) is 0 Å². The maximum Gasteiger partial charge on any atom is 0.227 e. The summed E-state index contributed by atoms with van der Waals surface area (Å²) < 4.78 is 2.42. The number of carbonyl (C=O) groups is 1. The Balaban J connectivity index is 1.50. The van der Waals surface area contributed by atoms with Gasteiger partial charge in [-0.3, -0.25) is 4.79 Å². The average Bonchev–Trinajstić information content (AvgIpc) is 3.19. The first-order valence-electron chi connectivity index (χ1n) is 10.1. The van der Waals surface area contributed by atoms with Crippen LogP contribution in [0.25, 0.3) is 10.9 Å². The zero-order valence-corrected chi connectivity index (χ0v) is 15.4. The largest absolute Gasteiger partial charge is 0.356 e. The first kappa shape index (κ1) is 16.7. The van der Waals surface area contributed by atoms with Crippen molar-refractivity contribution in [2.45, 2.75) is 70.8 Å². The van der Waals surface area contributed by atoms with E-state index in [1.54, 1.807) is 0 Å². The number of aryl methyl sites for hydroxylation is 2. The van der Waals surface area contributed by atoms with Gasteiger partial charge in [0.15, 0.2) is 0 Å². The van der Waals surface area contributed by atoms with Crippen LogP contribution < -0.4 is 5.32 Å². The SMILES string of the molecule is Cc1cn(CCCC2CCCCC2)c2cc(C3CCNC3=O)ccc12. The Morgan fingerprint density at radius 3 is 2.76 bits per heavy atom. The van der Waals surface area contributed by atoms with Crippen LogP contribution in [0.4, 0.5) is 0 Å². The van der Waals surface area contributed by atoms with Crippen LogP contribution in [0, 0.1) is 12.8 Å². The summed E-state index contributed by atoms with van der Waals surface area (Å²) in [7, 11) is 0. The molecular weight excluding hydrogens is 308 g/mol. The molecule has 25 heavy (non-hydrogen) atoms. The van der Waals surface area contributed by atoms with Gasteiger partial charge in [-0.05, 0) is 49.3 Å². The van der Waals surface area contributed by atoms with Crippen molar-refractivity contribution in [1.82, 2.24) is 9.88 Å². The average molecular weight is 338 g/mol. The van der Waals surface area contributed by atoms with Crippen molar-refractivity contribution in [1.29, 1.82) is 0 Å². The van der Waals surface area contributed by atoms with Crippen LogP contribution >= 0.6 is 0 Å². The fourth-order valence-corrected chi connectivity index (χ4v) is 4.83. The van der Waals surface area contributed by atoms with Gasteiger partial charge in [-0.15, -0.1) is 0 Å². The highest BCUT2D eigenvalue weighted by atomic mass is 16.2. The molecule has 1 aromatic carbocycles. The number of carbonyl (C=O) groups excluding carboxylic acids is 1. The van der Waals surface area contributed by atoms with Crippen LogP contribution in [0.3, 0.4) is 0 Å². The van der Waals surface area contributed by atoms with Crippen molar-refractivity contribution in [3.63, 3.8) is 0 Å². The molecule has 1 aromatic heterocycles. The second-order valence-electron chi connectivity index (χ2n) is 8.06. The van der Waals surface area contributed by atoms with Gasteiger partial charge in [-0.25, -0.2) is 0 Å². The molecule has 2 aliphatic rings. The van der Waals surface area contributed by atoms with Crippen molar-refractivity contribution in [3.8, 4) is 0 Å². The van der Waals surface area contributed by atoms with Gasteiger partial charge in [0.1, 0.15) is 0 Å². The molecule has 2 aromatic rings. The predicted molar refractivity (Wildman–Crippen MR) is 103 cm³/mol. The Morgan fingerprint density at radius 1 is 1.16 bits per heavy atom. The minimum absolute atomic E-state index is 0.0373. The number of benzene rings is 1. The fraction of sp³-hybridized carbons (Fsp3) is 0.591. The first-order chi connectivity index (χ1) is 12.2. The lowest BCUT2D eigenvalue weighted by Gasteiger charge is -2.21. The second kappa shape index (κ2) is 7.23. The van der Waals surface area contributed by atoms with E-state index in [4.69, 9.17) is 0 Å². The molecule has 1 amide bonds. The summed E-state index contributed by atoms with van der Waals surface area (Å²) in [6.45, 7) is 4.10. The molecule has 1 saturated carbocycles. The number of rotatable bonds is 5. The Labute approximate surface area is 150 Å². The number of hydrogen-bond donors (Lipinski definition) is 1. The zero-order valence-electron chi connectivity index (χ0n) is 15.4. The van der Waals surface area contributed by atoms with Crippen molar-refractivity contribution >= 4 is 16.8 Å². The standard InChI is InChI=1S/C22H30N2O/c1-16-15-24(13-5-8-17-6-3-2-4-7-17)21-14-18(9-10-19(16)21)20-11-12-23-22(20)25/h9-10,14-15,17,20H,2-8,11-13H2,1H3,(H,23,25). The first-order valence-corrected chi connectivity index (χ1v) is 10.1. The van der Waals surface area contributed by atoms with Crippen LogP contribution in [-0.2, 0) is 11.3 Å². The number of hydrogen-bond acceptors (Lipinski definition) is 1. The van der Waals surface area contributed by atoms with Gasteiger partial charge in [-0.2, -0.15) is 0 Å². The zero-order chi connectivity index (χ0) is 17.2. The van der Waals surface area contributed by atoms with Crippen molar-refractivity contribution < 1.29 is 4.79 Å². The lowest BCUT2D eigenvalue weighted by molar-refractivity contribution is -0.120. The topological polar surface area (TPSA) is 34.0 Å². The van der Waals surface area contributed by atoms with Crippen molar-refractivity contribution in [2.24, 2.45) is 5.92 Å². The molecule has 0 bridgehead atoms. The minimum Gasteiger partial charge on any atom is -0.356 e. The van der Waals surface area contributed by atoms with Crippen LogP contribution in [0.15, 0.2) is 24.4 Å². The number of nitrogens with zero attached hydrogens (tertiary/aromatic N) is 1. The highest BCUT2D eigenvalue weighted by Crippen LogP contribution is 2.30. The van der Waals surface area contributed by atoms with Gasteiger partial charge < -0.3 is 9.88 Å². The third-order valence-electron chi connectivity index (χ3n) is 6.29. The summed E-state index contributed by atoms with van der Waals surface area (Å²) in [5, 5.41) is 4.29. The lowest BCUT2D eigenvalue weighted by atomic mass is 9.86. The van der Waals surface area contributed by atoms with Gasteiger partial charge >= 0.3 is 0 Å². The predicted octanol–water partition coefficient (Wildman–Crippen LogP) is 4.91. The molecule has 1 saturated heterocycles. The van der Waals surface area contributed by atoms with Crippen molar-refractivity contribution in [3.05, 3.63) is 35.5 Å². The van der Waals surface area contributed by atoms with E-state index in [2.05, 4.69) is 41.2 Å². The quantitative estimate of drug-likeness (QED) is 0.825. The molecule has 1 N–H and O–H groups in total. The molecule has 0 radical (unpaired) electrons. The molecule has 3 nitrogen and oxygen atoms in total. The minimum atomic E-state index is 0.0373. The number of fused-ring (bicyclic) bond motifs is 1. The third kappa shape index (κ3) is 3.47. The third-order valence-corrected chi connectivity index (χ3v) is 6.29. The van der Waals surface area contributed by atoms with E-state index >= 15 is 0 Å². The Hall–Kier alpha value is -1.77. The van der Waals surface area contributed by atoms with Crippen molar-refractivity contribution in [2.75, 3.05) is 6.54 Å². The molecule has 3 heteroatoms. The maximum absolute atomic E-state index is 12.0. The molecule has 2 fully saturated rings.